The number of anilines is 1. The van der Waals surface area contributed by atoms with Crippen LogP contribution in [0.15, 0.2) is 38.2 Å². The predicted octanol–water partition coefficient (Wildman–Crippen LogP) is 3.33. The van der Waals surface area contributed by atoms with Crippen molar-refractivity contribution >= 4 is 45.4 Å². The lowest BCUT2D eigenvalue weighted by atomic mass is 10.2. The molecule has 0 aliphatic rings. The molecule has 2 aromatic rings. The number of thioether (sulfide) groups is 1. The highest BCUT2D eigenvalue weighted by Gasteiger charge is 2.11. The number of hydrogen-bond acceptors (Lipinski definition) is 6. The Bertz CT molecular complexity index is 717. The van der Waals surface area contributed by atoms with Gasteiger partial charge in [-0.25, -0.2) is 0 Å². The summed E-state index contributed by atoms with van der Waals surface area (Å²) in [5, 5.41) is 6.09. The fourth-order valence-electron chi connectivity index (χ4n) is 1.70. The zero-order chi connectivity index (χ0) is 16.8. The molecule has 23 heavy (non-hydrogen) atoms. The molecule has 0 unspecified atom stereocenters. The third-order valence-electron chi connectivity index (χ3n) is 2.74. The summed E-state index contributed by atoms with van der Waals surface area (Å²) in [6.45, 7) is 3.32. The molecule has 1 aromatic carbocycles. The predicted molar refractivity (Wildman–Crippen MR) is 90.4 cm³/mol. The maximum Gasteiger partial charge on any atom is 0.316 e. The van der Waals surface area contributed by atoms with Crippen molar-refractivity contribution in [2.45, 2.75) is 18.7 Å². The van der Waals surface area contributed by atoms with E-state index in [2.05, 4.69) is 26.4 Å². The van der Waals surface area contributed by atoms with Gasteiger partial charge in [0.25, 0.3) is 5.91 Å². The van der Waals surface area contributed by atoms with Crippen molar-refractivity contribution in [2.75, 3.05) is 17.7 Å². The highest BCUT2D eigenvalue weighted by molar-refractivity contribution is 9.10. The number of halogens is 1. The standard InChI is InChI=1S/C15H15BrN2O4S/c1-9-5-11(16)3-4-12(9)23-8-15(20)21-7-14(19)17-13-6-10(2)22-18-13/h3-6H,7-8H2,1-2H3,(H,17,18,19). The van der Waals surface area contributed by atoms with Gasteiger partial charge >= 0.3 is 5.97 Å². The fraction of sp³-hybridized carbons (Fsp3) is 0.267. The normalized spacial score (nSPS) is 10.4. The quantitative estimate of drug-likeness (QED) is 0.593. The second kappa shape index (κ2) is 8.16. The Morgan fingerprint density at radius 1 is 1.35 bits per heavy atom. The van der Waals surface area contributed by atoms with Gasteiger partial charge < -0.3 is 14.6 Å². The number of aryl methyl sites for hydroxylation is 2. The molecule has 0 saturated heterocycles. The molecule has 0 bridgehead atoms. The van der Waals surface area contributed by atoms with E-state index in [1.807, 2.05) is 25.1 Å². The monoisotopic (exact) mass is 398 g/mol. The molecule has 0 radical (unpaired) electrons. The molecule has 1 amide bonds. The third kappa shape index (κ3) is 5.72. The number of hydrogen-bond donors (Lipinski definition) is 1. The molecule has 0 aliphatic heterocycles. The first kappa shape index (κ1) is 17.6. The first-order valence-electron chi connectivity index (χ1n) is 6.72. The van der Waals surface area contributed by atoms with Crippen molar-refractivity contribution < 1.29 is 18.8 Å². The summed E-state index contributed by atoms with van der Waals surface area (Å²) < 4.78 is 10.7. The van der Waals surface area contributed by atoms with Crippen LogP contribution in [-0.2, 0) is 14.3 Å². The molecular weight excluding hydrogens is 384 g/mol. The van der Waals surface area contributed by atoms with Gasteiger partial charge in [0.1, 0.15) is 5.76 Å². The van der Waals surface area contributed by atoms with Gasteiger partial charge in [0.05, 0.1) is 5.75 Å². The fourth-order valence-corrected chi connectivity index (χ4v) is 2.99. The minimum Gasteiger partial charge on any atom is -0.455 e. The maximum atomic E-state index is 11.7. The van der Waals surface area contributed by atoms with Crippen LogP contribution in [0.5, 0.6) is 0 Å². The zero-order valence-electron chi connectivity index (χ0n) is 12.6. The van der Waals surface area contributed by atoms with Crippen LogP contribution in [0, 0.1) is 13.8 Å². The number of ether oxygens (including phenoxy) is 1. The van der Waals surface area contributed by atoms with E-state index in [-0.39, 0.29) is 12.4 Å². The number of nitrogens with zero attached hydrogens (tertiary/aromatic N) is 1. The number of rotatable bonds is 6. The summed E-state index contributed by atoms with van der Waals surface area (Å²) in [5.41, 5.74) is 1.07. The van der Waals surface area contributed by atoms with Gasteiger partial charge in [-0.15, -0.1) is 11.8 Å². The molecule has 0 aliphatic carbocycles. The number of amides is 1. The van der Waals surface area contributed by atoms with E-state index < -0.39 is 11.9 Å². The number of benzene rings is 1. The lowest BCUT2D eigenvalue weighted by molar-refractivity contribution is -0.144. The van der Waals surface area contributed by atoms with Gasteiger partial charge in [0.2, 0.25) is 0 Å². The lowest BCUT2D eigenvalue weighted by Gasteiger charge is -2.07. The van der Waals surface area contributed by atoms with Crippen LogP contribution in [0.1, 0.15) is 11.3 Å². The van der Waals surface area contributed by atoms with Crippen LogP contribution in [0.2, 0.25) is 0 Å². The molecule has 0 fully saturated rings. The molecule has 0 atom stereocenters. The van der Waals surface area contributed by atoms with Crippen LogP contribution in [0.3, 0.4) is 0 Å². The van der Waals surface area contributed by atoms with Crippen molar-refractivity contribution in [3.63, 3.8) is 0 Å². The van der Waals surface area contributed by atoms with Gasteiger partial charge in [-0.3, -0.25) is 9.59 Å². The smallest absolute Gasteiger partial charge is 0.316 e. The van der Waals surface area contributed by atoms with Crippen LogP contribution >= 0.6 is 27.7 Å². The van der Waals surface area contributed by atoms with Crippen LogP contribution in [0.25, 0.3) is 0 Å². The van der Waals surface area contributed by atoms with Crippen molar-refractivity contribution in [3.8, 4) is 0 Å². The van der Waals surface area contributed by atoms with Crippen molar-refractivity contribution in [1.82, 2.24) is 5.16 Å². The average Bonchev–Trinajstić information content (AvgIpc) is 2.89. The van der Waals surface area contributed by atoms with Crippen molar-refractivity contribution in [3.05, 3.63) is 40.1 Å². The highest BCUT2D eigenvalue weighted by atomic mass is 79.9. The molecule has 8 heteroatoms. The minimum absolute atomic E-state index is 0.138. The molecular formula is C15H15BrN2O4S. The van der Waals surface area contributed by atoms with E-state index in [4.69, 9.17) is 9.26 Å². The summed E-state index contributed by atoms with van der Waals surface area (Å²) >= 11 is 4.76. The minimum atomic E-state index is -0.462. The van der Waals surface area contributed by atoms with Gasteiger partial charge in [0, 0.05) is 15.4 Å². The Kier molecular flexibility index (Phi) is 6.23. The van der Waals surface area contributed by atoms with Crippen LogP contribution < -0.4 is 5.32 Å². The van der Waals surface area contributed by atoms with E-state index in [1.165, 1.54) is 11.8 Å². The van der Waals surface area contributed by atoms with Crippen molar-refractivity contribution in [1.29, 1.82) is 0 Å². The number of esters is 1. The van der Waals surface area contributed by atoms with Crippen LogP contribution in [-0.4, -0.2) is 29.4 Å². The summed E-state index contributed by atoms with van der Waals surface area (Å²) in [6.07, 6.45) is 0. The highest BCUT2D eigenvalue weighted by Crippen LogP contribution is 2.25. The Labute approximate surface area is 146 Å². The topological polar surface area (TPSA) is 81.4 Å². The number of nitrogens with one attached hydrogen (secondary N) is 1. The maximum absolute atomic E-state index is 11.7. The first-order chi connectivity index (χ1) is 10.9. The molecule has 1 N–H and O–H groups in total. The third-order valence-corrected chi connectivity index (χ3v) is 4.38. The SMILES string of the molecule is Cc1cc(NC(=O)COC(=O)CSc2ccc(Br)cc2C)no1. The molecule has 0 saturated carbocycles. The number of carbonyl (C=O) groups is 2. The average molecular weight is 399 g/mol. The van der Waals surface area contributed by atoms with E-state index in [0.29, 0.717) is 11.6 Å². The summed E-state index contributed by atoms with van der Waals surface area (Å²) in [6, 6.07) is 7.39. The van der Waals surface area contributed by atoms with E-state index in [9.17, 15) is 9.59 Å². The molecule has 6 nitrogen and oxygen atoms in total. The Hall–Kier alpha value is -1.80. The second-order valence-corrected chi connectivity index (χ2v) is 6.66. The molecule has 122 valence electrons. The Balaban J connectivity index is 1.73. The van der Waals surface area contributed by atoms with Crippen LogP contribution in [0.4, 0.5) is 5.82 Å². The summed E-state index contributed by atoms with van der Waals surface area (Å²) in [5.74, 6) is 0.0981. The zero-order valence-corrected chi connectivity index (χ0v) is 15.0. The van der Waals surface area contributed by atoms with Gasteiger partial charge in [-0.2, -0.15) is 0 Å². The Morgan fingerprint density at radius 2 is 2.13 bits per heavy atom. The summed E-state index contributed by atoms with van der Waals surface area (Å²) in [4.78, 5) is 24.3. The van der Waals surface area contributed by atoms with Crippen molar-refractivity contribution in [2.24, 2.45) is 0 Å². The number of carbonyl (C=O) groups excluding carboxylic acids is 2. The van der Waals surface area contributed by atoms with E-state index >= 15 is 0 Å². The van der Waals surface area contributed by atoms with Gasteiger partial charge in [0.15, 0.2) is 12.4 Å². The van der Waals surface area contributed by atoms with E-state index in [0.717, 1.165) is 14.9 Å². The molecule has 1 heterocycles. The van der Waals surface area contributed by atoms with E-state index in [1.54, 1.807) is 13.0 Å². The first-order valence-corrected chi connectivity index (χ1v) is 8.49. The molecule has 2 rings (SSSR count). The second-order valence-electron chi connectivity index (χ2n) is 4.73. The van der Waals surface area contributed by atoms with Gasteiger partial charge in [-0.1, -0.05) is 21.1 Å². The largest absolute Gasteiger partial charge is 0.455 e. The Morgan fingerprint density at radius 3 is 2.78 bits per heavy atom. The number of aromatic nitrogens is 1. The van der Waals surface area contributed by atoms with Gasteiger partial charge in [-0.05, 0) is 37.6 Å². The lowest BCUT2D eigenvalue weighted by Crippen LogP contribution is -2.21. The molecule has 1 aromatic heterocycles. The molecule has 0 spiro atoms. The summed E-state index contributed by atoms with van der Waals surface area (Å²) in [7, 11) is 0.